The Hall–Kier alpha value is -2.49. The number of nitrogens with zero attached hydrogens (tertiary/aromatic N) is 2. The predicted octanol–water partition coefficient (Wildman–Crippen LogP) is 3.40. The number of hydrogen-bond donors (Lipinski definition) is 0. The summed E-state index contributed by atoms with van der Waals surface area (Å²) in [6.07, 6.45) is 5.67. The van der Waals surface area contributed by atoms with Crippen LogP contribution in [0.2, 0.25) is 0 Å². The van der Waals surface area contributed by atoms with E-state index in [1.807, 2.05) is 31.3 Å². The summed E-state index contributed by atoms with van der Waals surface area (Å²) < 4.78 is 0. The highest BCUT2D eigenvalue weighted by atomic mass is 16.2. The Morgan fingerprint density at radius 3 is 2.38 bits per heavy atom. The number of pyridine rings is 1. The van der Waals surface area contributed by atoms with Gasteiger partial charge in [-0.25, -0.2) is 0 Å². The van der Waals surface area contributed by atoms with Crippen LogP contribution in [0.25, 0.3) is 0 Å². The fraction of sp³-hybridized carbons (Fsp3) is 0.350. The summed E-state index contributed by atoms with van der Waals surface area (Å²) in [4.78, 5) is 31.5. The number of aromatic nitrogens is 1. The molecule has 1 saturated carbocycles. The van der Waals surface area contributed by atoms with Crippen LogP contribution in [0, 0.1) is 12.8 Å². The van der Waals surface area contributed by atoms with Crippen molar-refractivity contribution in [2.45, 2.75) is 38.6 Å². The van der Waals surface area contributed by atoms with Crippen LogP contribution in [-0.4, -0.2) is 27.7 Å². The molecule has 4 rings (SSSR count). The van der Waals surface area contributed by atoms with E-state index in [1.54, 1.807) is 12.1 Å². The van der Waals surface area contributed by atoms with Crippen LogP contribution in [0.4, 0.5) is 0 Å². The number of carbonyl (C=O) groups is 2. The van der Waals surface area contributed by atoms with Crippen LogP contribution >= 0.6 is 0 Å². The van der Waals surface area contributed by atoms with Gasteiger partial charge in [-0.05, 0) is 55.9 Å². The Labute approximate surface area is 141 Å². The first-order chi connectivity index (χ1) is 11.6. The minimum atomic E-state index is -0.135. The van der Waals surface area contributed by atoms with Gasteiger partial charge in [-0.2, -0.15) is 0 Å². The number of hydrogen-bond acceptors (Lipinski definition) is 3. The van der Waals surface area contributed by atoms with Crippen molar-refractivity contribution in [3.8, 4) is 0 Å². The molecular formula is C20H20N2O2. The van der Waals surface area contributed by atoms with Crippen molar-refractivity contribution in [2.75, 3.05) is 0 Å². The second kappa shape index (κ2) is 5.86. The highest BCUT2D eigenvalue weighted by molar-refractivity contribution is 6.21. The Balaban J connectivity index is 1.58. The Morgan fingerprint density at radius 1 is 1.04 bits per heavy atom. The first-order valence-corrected chi connectivity index (χ1v) is 8.53. The molecule has 1 fully saturated rings. The van der Waals surface area contributed by atoms with E-state index in [0.29, 0.717) is 17.0 Å². The molecule has 24 heavy (non-hydrogen) atoms. The van der Waals surface area contributed by atoms with E-state index in [1.165, 1.54) is 4.90 Å². The third kappa shape index (κ3) is 2.42. The van der Waals surface area contributed by atoms with Crippen LogP contribution in [0.5, 0.6) is 0 Å². The van der Waals surface area contributed by atoms with E-state index in [9.17, 15) is 9.59 Å². The second-order valence-corrected chi connectivity index (χ2v) is 6.82. The van der Waals surface area contributed by atoms with Crippen molar-refractivity contribution in [1.82, 2.24) is 9.88 Å². The first-order valence-electron chi connectivity index (χ1n) is 8.53. The van der Waals surface area contributed by atoms with Gasteiger partial charge in [-0.1, -0.05) is 24.6 Å². The second-order valence-electron chi connectivity index (χ2n) is 6.82. The van der Waals surface area contributed by atoms with Crippen LogP contribution in [0.1, 0.15) is 51.2 Å². The summed E-state index contributed by atoms with van der Waals surface area (Å²) in [5.74, 6) is 0.0242. The van der Waals surface area contributed by atoms with E-state index in [-0.39, 0.29) is 17.9 Å². The molecule has 2 unspecified atom stereocenters. The van der Waals surface area contributed by atoms with Crippen LogP contribution in [0.15, 0.2) is 42.6 Å². The molecule has 0 bridgehead atoms. The third-order valence-corrected chi connectivity index (χ3v) is 5.22. The van der Waals surface area contributed by atoms with Crippen molar-refractivity contribution in [2.24, 2.45) is 5.92 Å². The minimum Gasteiger partial charge on any atom is -0.271 e. The standard InChI is InChI=1S/C20H20N2O2/c1-13-9-10-15(21-12-13)11-14-5-4-8-18(14)22-19(23)16-6-2-3-7-17(16)20(22)24/h2-3,6-7,9-10,12,14,18H,4-5,8,11H2,1H3. The van der Waals surface area contributed by atoms with Gasteiger partial charge in [0.1, 0.15) is 0 Å². The lowest BCUT2D eigenvalue weighted by molar-refractivity contribution is 0.0548. The quantitative estimate of drug-likeness (QED) is 0.815. The summed E-state index contributed by atoms with van der Waals surface area (Å²) >= 11 is 0. The van der Waals surface area contributed by atoms with Crippen molar-refractivity contribution < 1.29 is 9.59 Å². The van der Waals surface area contributed by atoms with E-state index < -0.39 is 0 Å². The maximum Gasteiger partial charge on any atom is 0.261 e. The average molecular weight is 320 g/mol. The topological polar surface area (TPSA) is 50.3 Å². The maximum absolute atomic E-state index is 12.7. The molecule has 0 N–H and O–H groups in total. The van der Waals surface area contributed by atoms with Gasteiger partial charge in [0.2, 0.25) is 0 Å². The normalized spacial score (nSPS) is 23.0. The van der Waals surface area contributed by atoms with Crippen molar-refractivity contribution in [3.05, 3.63) is 65.0 Å². The summed E-state index contributed by atoms with van der Waals surface area (Å²) in [5.41, 5.74) is 3.26. The van der Waals surface area contributed by atoms with Gasteiger partial charge in [-0.15, -0.1) is 0 Å². The van der Waals surface area contributed by atoms with Gasteiger partial charge >= 0.3 is 0 Å². The molecule has 1 aliphatic carbocycles. The smallest absolute Gasteiger partial charge is 0.261 e. The highest BCUT2D eigenvalue weighted by Crippen LogP contribution is 2.36. The van der Waals surface area contributed by atoms with Gasteiger partial charge < -0.3 is 0 Å². The van der Waals surface area contributed by atoms with Crippen molar-refractivity contribution >= 4 is 11.8 Å². The minimum absolute atomic E-state index is 0.0134. The lowest BCUT2D eigenvalue weighted by atomic mass is 9.96. The van der Waals surface area contributed by atoms with Crippen molar-refractivity contribution in [1.29, 1.82) is 0 Å². The molecule has 2 atom stereocenters. The number of fused-ring (bicyclic) bond motifs is 1. The largest absolute Gasteiger partial charge is 0.271 e. The number of imide groups is 1. The fourth-order valence-electron chi connectivity index (χ4n) is 3.99. The number of benzene rings is 1. The number of carbonyl (C=O) groups excluding carboxylic acids is 2. The van der Waals surface area contributed by atoms with Gasteiger partial charge in [0, 0.05) is 17.9 Å². The summed E-state index contributed by atoms with van der Waals surface area (Å²) in [5, 5.41) is 0. The lowest BCUT2D eigenvalue weighted by Gasteiger charge is -2.27. The summed E-state index contributed by atoms with van der Waals surface area (Å²) in [6.45, 7) is 2.02. The lowest BCUT2D eigenvalue weighted by Crippen LogP contribution is -2.42. The van der Waals surface area contributed by atoms with Crippen LogP contribution < -0.4 is 0 Å². The summed E-state index contributed by atoms with van der Waals surface area (Å²) in [6, 6.07) is 11.2. The van der Waals surface area contributed by atoms with Crippen LogP contribution in [0.3, 0.4) is 0 Å². The molecular weight excluding hydrogens is 300 g/mol. The van der Waals surface area contributed by atoms with Gasteiger partial charge in [0.15, 0.2) is 0 Å². The molecule has 1 aromatic carbocycles. The zero-order valence-corrected chi connectivity index (χ0v) is 13.7. The Bertz CT molecular complexity index is 763. The van der Waals surface area contributed by atoms with Gasteiger partial charge in [0.25, 0.3) is 11.8 Å². The fourth-order valence-corrected chi connectivity index (χ4v) is 3.99. The molecule has 2 amide bonds. The number of rotatable bonds is 3. The van der Waals surface area contributed by atoms with E-state index >= 15 is 0 Å². The zero-order chi connectivity index (χ0) is 16.7. The molecule has 4 nitrogen and oxygen atoms in total. The predicted molar refractivity (Wildman–Crippen MR) is 90.7 cm³/mol. The Kier molecular flexibility index (Phi) is 3.68. The Morgan fingerprint density at radius 2 is 1.75 bits per heavy atom. The SMILES string of the molecule is Cc1ccc(CC2CCCC2N2C(=O)c3ccccc3C2=O)nc1. The van der Waals surface area contributed by atoms with Crippen LogP contribution in [-0.2, 0) is 6.42 Å². The average Bonchev–Trinajstić information content (AvgIpc) is 3.13. The van der Waals surface area contributed by atoms with E-state index in [4.69, 9.17) is 0 Å². The molecule has 0 spiro atoms. The van der Waals surface area contributed by atoms with E-state index in [2.05, 4.69) is 11.1 Å². The molecule has 2 aromatic rings. The molecule has 0 saturated heterocycles. The molecule has 2 heterocycles. The van der Waals surface area contributed by atoms with Gasteiger partial charge in [0.05, 0.1) is 11.1 Å². The summed E-state index contributed by atoms with van der Waals surface area (Å²) in [7, 11) is 0. The number of aryl methyl sites for hydroxylation is 1. The molecule has 1 aliphatic heterocycles. The molecule has 4 heteroatoms. The monoisotopic (exact) mass is 320 g/mol. The molecule has 1 aromatic heterocycles. The number of amides is 2. The molecule has 122 valence electrons. The highest BCUT2D eigenvalue weighted by Gasteiger charge is 2.44. The zero-order valence-electron chi connectivity index (χ0n) is 13.7. The maximum atomic E-state index is 12.7. The van der Waals surface area contributed by atoms with E-state index in [0.717, 1.165) is 36.9 Å². The third-order valence-electron chi connectivity index (χ3n) is 5.22. The molecule has 2 aliphatic rings. The first kappa shape index (κ1) is 15.1. The van der Waals surface area contributed by atoms with Gasteiger partial charge in [-0.3, -0.25) is 19.5 Å². The van der Waals surface area contributed by atoms with Crippen molar-refractivity contribution in [3.63, 3.8) is 0 Å². The molecule has 0 radical (unpaired) electrons.